The summed E-state index contributed by atoms with van der Waals surface area (Å²) in [4.78, 5) is 22.2. The zero-order valence-corrected chi connectivity index (χ0v) is 14.5. The highest BCUT2D eigenvalue weighted by atomic mass is 35.5. The summed E-state index contributed by atoms with van der Waals surface area (Å²) in [6.07, 6.45) is 0. The van der Waals surface area contributed by atoms with Gasteiger partial charge in [0.1, 0.15) is 0 Å². The minimum atomic E-state index is -0.480. The van der Waals surface area contributed by atoms with Crippen molar-refractivity contribution in [3.05, 3.63) is 68.7 Å². The maximum atomic E-state index is 11.9. The van der Waals surface area contributed by atoms with Crippen LogP contribution >= 0.6 is 11.6 Å². The van der Waals surface area contributed by atoms with Gasteiger partial charge in [-0.2, -0.15) is 5.10 Å². The molecule has 1 amide bonds. The van der Waals surface area contributed by atoms with Gasteiger partial charge in [-0.3, -0.25) is 14.9 Å². The largest absolute Gasteiger partial charge is 0.376 e. The van der Waals surface area contributed by atoms with E-state index in [0.717, 1.165) is 11.3 Å². The summed E-state index contributed by atoms with van der Waals surface area (Å²) in [5.41, 5.74) is 5.04. The van der Waals surface area contributed by atoms with Gasteiger partial charge in [0.2, 0.25) is 0 Å². The second-order valence-electron chi connectivity index (χ2n) is 5.31. The number of nitrogens with one attached hydrogen (secondary N) is 2. The van der Waals surface area contributed by atoms with E-state index in [1.165, 1.54) is 12.1 Å². The van der Waals surface area contributed by atoms with Gasteiger partial charge in [-0.1, -0.05) is 29.8 Å². The highest BCUT2D eigenvalue weighted by Gasteiger charge is 2.08. The fourth-order valence-corrected chi connectivity index (χ4v) is 2.24. The average molecular weight is 361 g/mol. The van der Waals surface area contributed by atoms with Crippen molar-refractivity contribution < 1.29 is 9.72 Å². The number of carbonyl (C=O) groups excluding carboxylic acids is 1. The lowest BCUT2D eigenvalue weighted by molar-refractivity contribution is -0.384. The maximum Gasteiger partial charge on any atom is 0.270 e. The van der Waals surface area contributed by atoms with Crippen molar-refractivity contribution in [3.8, 4) is 0 Å². The highest BCUT2D eigenvalue weighted by molar-refractivity contribution is 6.31. The molecule has 0 heterocycles. The number of hydrogen-bond donors (Lipinski definition) is 2. The van der Waals surface area contributed by atoms with Crippen LogP contribution in [0.1, 0.15) is 18.1 Å². The van der Waals surface area contributed by atoms with Crippen LogP contribution in [-0.2, 0) is 4.79 Å². The quantitative estimate of drug-likeness (QED) is 0.468. The van der Waals surface area contributed by atoms with E-state index < -0.39 is 4.92 Å². The molecule has 0 unspecified atom stereocenters. The highest BCUT2D eigenvalue weighted by Crippen LogP contribution is 2.22. The van der Waals surface area contributed by atoms with E-state index in [9.17, 15) is 14.9 Å². The molecular formula is C17H17ClN4O3. The second kappa shape index (κ2) is 8.25. The first-order chi connectivity index (χ1) is 11.9. The third-order valence-electron chi connectivity index (χ3n) is 3.53. The van der Waals surface area contributed by atoms with Crippen LogP contribution in [-0.4, -0.2) is 23.1 Å². The molecular weight excluding hydrogens is 344 g/mol. The molecule has 0 saturated heterocycles. The number of anilines is 1. The van der Waals surface area contributed by atoms with Crippen LogP contribution < -0.4 is 10.7 Å². The number of benzene rings is 2. The number of nitrogens with zero attached hydrogens (tertiary/aromatic N) is 2. The van der Waals surface area contributed by atoms with Crippen LogP contribution in [0.25, 0.3) is 0 Å². The number of nitro groups is 1. The van der Waals surface area contributed by atoms with E-state index in [-0.39, 0.29) is 18.1 Å². The number of amides is 1. The average Bonchev–Trinajstić information content (AvgIpc) is 2.61. The van der Waals surface area contributed by atoms with Gasteiger partial charge in [0.25, 0.3) is 11.6 Å². The molecule has 25 heavy (non-hydrogen) atoms. The number of nitro benzene ring substituents is 1. The van der Waals surface area contributed by atoms with E-state index in [2.05, 4.69) is 15.8 Å². The van der Waals surface area contributed by atoms with E-state index in [1.807, 2.05) is 13.0 Å². The van der Waals surface area contributed by atoms with Gasteiger partial charge < -0.3 is 5.32 Å². The van der Waals surface area contributed by atoms with Gasteiger partial charge in [0.05, 0.1) is 17.2 Å². The Morgan fingerprint density at radius 1 is 1.28 bits per heavy atom. The molecule has 2 aromatic carbocycles. The summed E-state index contributed by atoms with van der Waals surface area (Å²) in [5.74, 6) is -0.343. The van der Waals surface area contributed by atoms with E-state index in [1.54, 1.807) is 31.2 Å². The van der Waals surface area contributed by atoms with Gasteiger partial charge in [-0.25, -0.2) is 5.43 Å². The first-order valence-corrected chi connectivity index (χ1v) is 7.83. The van der Waals surface area contributed by atoms with Crippen LogP contribution in [0, 0.1) is 17.0 Å². The Kier molecular flexibility index (Phi) is 6.08. The summed E-state index contributed by atoms with van der Waals surface area (Å²) in [6.45, 7) is 3.54. The summed E-state index contributed by atoms with van der Waals surface area (Å²) < 4.78 is 0. The van der Waals surface area contributed by atoms with Crippen molar-refractivity contribution in [1.29, 1.82) is 0 Å². The van der Waals surface area contributed by atoms with Gasteiger partial charge in [-0.05, 0) is 31.5 Å². The lowest BCUT2D eigenvalue weighted by Crippen LogP contribution is -2.27. The molecule has 0 aromatic heterocycles. The zero-order chi connectivity index (χ0) is 18.4. The molecule has 8 heteroatoms. The number of rotatable bonds is 6. The summed E-state index contributed by atoms with van der Waals surface area (Å²) in [7, 11) is 0. The van der Waals surface area contributed by atoms with Gasteiger partial charge in [0.15, 0.2) is 0 Å². The molecule has 0 fully saturated rings. The molecule has 0 aliphatic heterocycles. The smallest absolute Gasteiger partial charge is 0.270 e. The molecule has 2 N–H and O–H groups in total. The van der Waals surface area contributed by atoms with Crippen LogP contribution in [0.5, 0.6) is 0 Å². The van der Waals surface area contributed by atoms with Crippen molar-refractivity contribution in [2.45, 2.75) is 13.8 Å². The zero-order valence-electron chi connectivity index (χ0n) is 13.7. The minimum Gasteiger partial charge on any atom is -0.376 e. The van der Waals surface area contributed by atoms with Crippen molar-refractivity contribution in [3.63, 3.8) is 0 Å². The molecule has 0 radical (unpaired) electrons. The SMILES string of the molecule is C/C(=N/NC(=O)CNc1cccc(Cl)c1C)c1cccc([N+](=O)[O-])c1. The summed E-state index contributed by atoms with van der Waals surface area (Å²) in [6, 6.07) is 11.4. The topological polar surface area (TPSA) is 96.6 Å². The van der Waals surface area contributed by atoms with Crippen LogP contribution in [0.3, 0.4) is 0 Å². The number of carbonyl (C=O) groups is 1. The Balaban J connectivity index is 1.96. The van der Waals surface area contributed by atoms with Crippen LogP contribution in [0.15, 0.2) is 47.6 Å². The first kappa shape index (κ1) is 18.4. The Morgan fingerprint density at radius 3 is 2.72 bits per heavy atom. The lowest BCUT2D eigenvalue weighted by Gasteiger charge is -2.09. The van der Waals surface area contributed by atoms with Crippen molar-refractivity contribution in [2.24, 2.45) is 5.10 Å². The fraction of sp³-hybridized carbons (Fsp3) is 0.176. The number of non-ortho nitro benzene ring substituents is 1. The third kappa shape index (κ3) is 5.02. The van der Waals surface area contributed by atoms with E-state index in [4.69, 9.17) is 11.6 Å². The summed E-state index contributed by atoms with van der Waals surface area (Å²) in [5, 5.41) is 18.4. The standard InChI is InChI=1S/C17H17ClN4O3/c1-11-15(18)7-4-8-16(11)19-10-17(23)21-20-12(2)13-5-3-6-14(9-13)22(24)25/h3-9,19H,10H2,1-2H3,(H,21,23)/b20-12-. The van der Waals surface area contributed by atoms with Crippen molar-refractivity contribution in [1.82, 2.24) is 5.43 Å². The second-order valence-corrected chi connectivity index (χ2v) is 5.71. The van der Waals surface area contributed by atoms with E-state index in [0.29, 0.717) is 16.3 Å². The number of halogens is 1. The normalized spacial score (nSPS) is 11.1. The monoisotopic (exact) mass is 360 g/mol. The van der Waals surface area contributed by atoms with Gasteiger partial charge in [-0.15, -0.1) is 0 Å². The molecule has 2 rings (SSSR count). The Bertz CT molecular complexity index is 836. The first-order valence-electron chi connectivity index (χ1n) is 7.45. The van der Waals surface area contributed by atoms with Gasteiger partial charge in [0, 0.05) is 28.4 Å². The fourth-order valence-electron chi connectivity index (χ4n) is 2.07. The molecule has 0 aliphatic rings. The minimum absolute atomic E-state index is 0.0207. The lowest BCUT2D eigenvalue weighted by atomic mass is 10.1. The molecule has 0 bridgehead atoms. The molecule has 0 aliphatic carbocycles. The predicted octanol–water partition coefficient (Wildman–Crippen LogP) is 3.51. The van der Waals surface area contributed by atoms with Crippen molar-refractivity contribution >= 4 is 34.6 Å². The third-order valence-corrected chi connectivity index (χ3v) is 3.94. The Morgan fingerprint density at radius 2 is 2.00 bits per heavy atom. The van der Waals surface area contributed by atoms with Gasteiger partial charge >= 0.3 is 0 Å². The maximum absolute atomic E-state index is 11.9. The molecule has 0 atom stereocenters. The Hall–Kier alpha value is -2.93. The predicted molar refractivity (Wildman–Crippen MR) is 98.1 cm³/mol. The summed E-state index contributed by atoms with van der Waals surface area (Å²) >= 11 is 6.02. The van der Waals surface area contributed by atoms with Crippen LogP contribution in [0.4, 0.5) is 11.4 Å². The van der Waals surface area contributed by atoms with Crippen LogP contribution in [0.2, 0.25) is 5.02 Å². The Labute approximate surface area is 149 Å². The molecule has 2 aromatic rings. The number of hydrazone groups is 1. The molecule has 7 nitrogen and oxygen atoms in total. The van der Waals surface area contributed by atoms with E-state index >= 15 is 0 Å². The number of hydrogen-bond acceptors (Lipinski definition) is 5. The molecule has 0 spiro atoms. The molecule has 130 valence electrons. The van der Waals surface area contributed by atoms with Crippen molar-refractivity contribution in [2.75, 3.05) is 11.9 Å². The molecule has 0 saturated carbocycles.